The first-order valence-electron chi connectivity index (χ1n) is 8.87. The number of carbonyl (C=O) groups excluding carboxylic acids is 2. The van der Waals surface area contributed by atoms with Crippen LogP contribution in [-0.2, 0) is 9.59 Å². The lowest BCUT2D eigenvalue weighted by Crippen LogP contribution is -2.65. The third-order valence-electron chi connectivity index (χ3n) is 7.84. The molecule has 4 heteroatoms. The maximum absolute atomic E-state index is 14.9. The van der Waals surface area contributed by atoms with Gasteiger partial charge in [0.25, 0.3) is 0 Å². The van der Waals surface area contributed by atoms with Crippen molar-refractivity contribution in [2.75, 3.05) is 0 Å². The fraction of sp³-hybridized carbons (Fsp3) is 0.789. The van der Waals surface area contributed by atoms with Crippen molar-refractivity contribution < 1.29 is 19.1 Å². The van der Waals surface area contributed by atoms with Crippen LogP contribution in [0.4, 0.5) is 4.39 Å². The van der Waals surface area contributed by atoms with Crippen molar-refractivity contribution in [3.63, 3.8) is 0 Å². The Morgan fingerprint density at radius 1 is 1.13 bits per heavy atom. The van der Waals surface area contributed by atoms with E-state index in [1.165, 1.54) is 6.08 Å². The van der Waals surface area contributed by atoms with E-state index in [2.05, 4.69) is 0 Å². The van der Waals surface area contributed by atoms with E-state index in [1.54, 1.807) is 0 Å². The standard InChI is InChI=1S/C19H25FO3/c1-17-7-8-19(23)13(12(17)3-4-16(17)22)10-15(20)14-9-11(21)5-6-18(14,19)2/h9,12-13,15,23H,3-8,10H2,1-2H3/t12-,13-,15?,17-,18-,19+/m0/s1. The topological polar surface area (TPSA) is 54.4 Å². The number of alkyl halides is 1. The summed E-state index contributed by atoms with van der Waals surface area (Å²) < 4.78 is 14.9. The minimum Gasteiger partial charge on any atom is -0.389 e. The molecule has 126 valence electrons. The molecular formula is C19H25FO3. The third-order valence-corrected chi connectivity index (χ3v) is 7.84. The van der Waals surface area contributed by atoms with E-state index in [0.29, 0.717) is 37.7 Å². The van der Waals surface area contributed by atoms with E-state index >= 15 is 0 Å². The normalized spacial score (nSPS) is 52.5. The molecule has 3 saturated carbocycles. The molecule has 1 unspecified atom stereocenters. The summed E-state index contributed by atoms with van der Waals surface area (Å²) in [6.07, 6.45) is 3.96. The van der Waals surface area contributed by atoms with E-state index < -0.39 is 22.6 Å². The number of hydrogen-bond donors (Lipinski definition) is 1. The van der Waals surface area contributed by atoms with Gasteiger partial charge in [0.2, 0.25) is 0 Å². The zero-order valence-electron chi connectivity index (χ0n) is 13.9. The highest BCUT2D eigenvalue weighted by Gasteiger charge is 2.67. The number of ketones is 2. The van der Waals surface area contributed by atoms with E-state index in [0.717, 1.165) is 6.42 Å². The van der Waals surface area contributed by atoms with Gasteiger partial charge < -0.3 is 5.11 Å². The SMILES string of the molecule is C[C@]12CCC(=O)C=C1C(F)C[C@H]1[C@@H]3CCC(=O)[C@@]3(C)CC[C@@]12O. The summed E-state index contributed by atoms with van der Waals surface area (Å²) in [6.45, 7) is 3.95. The van der Waals surface area contributed by atoms with Crippen LogP contribution >= 0.6 is 0 Å². The first kappa shape index (κ1) is 15.5. The van der Waals surface area contributed by atoms with Gasteiger partial charge in [0.1, 0.15) is 12.0 Å². The monoisotopic (exact) mass is 320 g/mol. The Hall–Kier alpha value is -1.03. The molecule has 0 aromatic rings. The fourth-order valence-corrected chi connectivity index (χ4v) is 6.26. The van der Waals surface area contributed by atoms with Crippen LogP contribution in [0.5, 0.6) is 0 Å². The number of rotatable bonds is 0. The van der Waals surface area contributed by atoms with Crippen molar-refractivity contribution in [2.24, 2.45) is 22.7 Å². The van der Waals surface area contributed by atoms with Crippen LogP contribution in [0, 0.1) is 22.7 Å². The van der Waals surface area contributed by atoms with Gasteiger partial charge in [0.05, 0.1) is 5.60 Å². The second kappa shape index (κ2) is 4.53. The highest BCUT2D eigenvalue weighted by molar-refractivity contribution is 5.92. The first-order chi connectivity index (χ1) is 10.7. The lowest BCUT2D eigenvalue weighted by Gasteiger charge is -2.62. The predicted molar refractivity (Wildman–Crippen MR) is 83.5 cm³/mol. The molecule has 0 aliphatic heterocycles. The van der Waals surface area contributed by atoms with Crippen LogP contribution in [0.1, 0.15) is 58.8 Å². The summed E-state index contributed by atoms with van der Waals surface area (Å²) in [5.74, 6) is 0.144. The van der Waals surface area contributed by atoms with Gasteiger partial charge in [-0.3, -0.25) is 9.59 Å². The fourth-order valence-electron chi connectivity index (χ4n) is 6.26. The number of hydrogen-bond acceptors (Lipinski definition) is 3. The number of carbonyl (C=O) groups is 2. The highest BCUT2D eigenvalue weighted by atomic mass is 19.1. The van der Waals surface area contributed by atoms with Crippen LogP contribution in [0.15, 0.2) is 11.6 Å². The average molecular weight is 320 g/mol. The van der Waals surface area contributed by atoms with Gasteiger partial charge in [-0.2, -0.15) is 0 Å². The Bertz CT molecular complexity index is 626. The molecule has 4 aliphatic rings. The van der Waals surface area contributed by atoms with Gasteiger partial charge in [0, 0.05) is 23.7 Å². The van der Waals surface area contributed by atoms with Crippen molar-refractivity contribution >= 4 is 11.6 Å². The molecule has 0 amide bonds. The van der Waals surface area contributed by atoms with Gasteiger partial charge in [-0.25, -0.2) is 4.39 Å². The maximum Gasteiger partial charge on any atom is 0.155 e. The van der Waals surface area contributed by atoms with Crippen LogP contribution in [0.3, 0.4) is 0 Å². The smallest absolute Gasteiger partial charge is 0.155 e. The molecule has 4 rings (SSSR count). The second-order valence-electron chi connectivity index (χ2n) is 8.62. The molecule has 0 spiro atoms. The zero-order valence-corrected chi connectivity index (χ0v) is 13.9. The summed E-state index contributed by atoms with van der Waals surface area (Å²) in [4.78, 5) is 24.1. The van der Waals surface area contributed by atoms with Crippen LogP contribution in [0.25, 0.3) is 0 Å². The van der Waals surface area contributed by atoms with Gasteiger partial charge in [-0.15, -0.1) is 0 Å². The van der Waals surface area contributed by atoms with Crippen molar-refractivity contribution in [2.45, 2.75) is 70.6 Å². The minimum atomic E-state index is -1.17. The molecular weight excluding hydrogens is 295 g/mol. The minimum absolute atomic E-state index is 0.0288. The Morgan fingerprint density at radius 3 is 2.61 bits per heavy atom. The van der Waals surface area contributed by atoms with E-state index in [1.807, 2.05) is 13.8 Å². The van der Waals surface area contributed by atoms with Gasteiger partial charge in [0.15, 0.2) is 5.78 Å². The number of halogens is 1. The second-order valence-corrected chi connectivity index (χ2v) is 8.62. The van der Waals surface area contributed by atoms with E-state index in [4.69, 9.17) is 0 Å². The molecule has 6 atom stereocenters. The summed E-state index contributed by atoms with van der Waals surface area (Å²) in [5, 5.41) is 11.7. The quantitative estimate of drug-likeness (QED) is 0.746. The lowest BCUT2D eigenvalue weighted by molar-refractivity contribution is -0.196. The van der Waals surface area contributed by atoms with Crippen LogP contribution in [-0.4, -0.2) is 28.4 Å². The first-order valence-corrected chi connectivity index (χ1v) is 8.87. The van der Waals surface area contributed by atoms with Gasteiger partial charge in [-0.1, -0.05) is 13.8 Å². The molecule has 0 radical (unpaired) electrons. The largest absolute Gasteiger partial charge is 0.389 e. The molecule has 0 heterocycles. The number of fused-ring (bicyclic) bond motifs is 5. The number of aliphatic hydroxyl groups is 1. The molecule has 3 nitrogen and oxygen atoms in total. The number of Topliss-reactive ketones (excluding diaryl/α,β-unsaturated/α-hetero) is 1. The highest BCUT2D eigenvalue weighted by Crippen LogP contribution is 2.66. The molecule has 0 aromatic carbocycles. The molecule has 3 fully saturated rings. The summed E-state index contributed by atoms with van der Waals surface area (Å²) in [6, 6.07) is 0. The molecule has 1 N–H and O–H groups in total. The maximum atomic E-state index is 14.9. The van der Waals surface area contributed by atoms with Crippen molar-refractivity contribution in [3.05, 3.63) is 11.6 Å². The average Bonchev–Trinajstić information content (AvgIpc) is 2.80. The predicted octanol–water partition coefficient (Wildman–Crippen LogP) is 3.15. The third kappa shape index (κ3) is 1.73. The van der Waals surface area contributed by atoms with Crippen molar-refractivity contribution in [3.8, 4) is 0 Å². The van der Waals surface area contributed by atoms with Gasteiger partial charge >= 0.3 is 0 Å². The Labute approximate surface area is 136 Å². The Morgan fingerprint density at radius 2 is 1.87 bits per heavy atom. The Balaban J connectivity index is 1.81. The van der Waals surface area contributed by atoms with Crippen molar-refractivity contribution in [1.29, 1.82) is 0 Å². The molecule has 0 bridgehead atoms. The summed E-state index contributed by atoms with van der Waals surface area (Å²) in [5.41, 5.74) is -1.55. The molecule has 23 heavy (non-hydrogen) atoms. The van der Waals surface area contributed by atoms with Crippen LogP contribution in [0.2, 0.25) is 0 Å². The zero-order chi connectivity index (χ0) is 16.6. The lowest BCUT2D eigenvalue weighted by atomic mass is 9.44. The molecule has 0 aromatic heterocycles. The van der Waals surface area contributed by atoms with Gasteiger partial charge in [-0.05, 0) is 55.6 Å². The van der Waals surface area contributed by atoms with E-state index in [9.17, 15) is 19.1 Å². The summed E-state index contributed by atoms with van der Waals surface area (Å²) >= 11 is 0. The Kier molecular flexibility index (Phi) is 3.05. The van der Waals surface area contributed by atoms with E-state index in [-0.39, 0.29) is 29.8 Å². The summed E-state index contributed by atoms with van der Waals surface area (Å²) in [7, 11) is 0. The van der Waals surface area contributed by atoms with Crippen LogP contribution < -0.4 is 0 Å². The molecule has 4 aliphatic carbocycles. The van der Waals surface area contributed by atoms with Crippen molar-refractivity contribution in [1.82, 2.24) is 0 Å². The molecule has 0 saturated heterocycles.